The van der Waals surface area contributed by atoms with E-state index in [1.165, 1.54) is 24.9 Å². The Bertz CT molecular complexity index is 449. The molecule has 2 aliphatic rings. The Labute approximate surface area is 145 Å². The van der Waals surface area contributed by atoms with E-state index in [4.69, 9.17) is 9.47 Å². The van der Waals surface area contributed by atoms with Gasteiger partial charge in [0.25, 0.3) is 0 Å². The van der Waals surface area contributed by atoms with Gasteiger partial charge in [-0.05, 0) is 57.0 Å². The van der Waals surface area contributed by atoms with Gasteiger partial charge in [0.2, 0.25) is 0 Å². The van der Waals surface area contributed by atoms with Crippen molar-refractivity contribution in [3.63, 3.8) is 0 Å². The van der Waals surface area contributed by atoms with E-state index in [1.54, 1.807) is 0 Å². The number of benzene rings is 1. The maximum absolute atomic E-state index is 5.82. The molecule has 130 valence electrons. The number of likely N-dealkylation sites (N-methyl/N-ethyl adjacent to an activating group) is 1. The molecule has 5 heteroatoms. The maximum Gasteiger partial charge on any atom is 0.119 e. The first-order valence-electron chi connectivity index (χ1n) is 8.56. The lowest BCUT2D eigenvalue weighted by molar-refractivity contribution is 0.0679. The van der Waals surface area contributed by atoms with Gasteiger partial charge in [-0.3, -0.25) is 4.90 Å². The zero-order chi connectivity index (χ0) is 15.2. The second-order valence-corrected chi connectivity index (χ2v) is 6.45. The fourth-order valence-corrected chi connectivity index (χ4v) is 3.35. The van der Waals surface area contributed by atoms with Crippen LogP contribution in [0.25, 0.3) is 0 Å². The molecule has 1 aromatic carbocycles. The topological polar surface area (TPSA) is 33.7 Å². The van der Waals surface area contributed by atoms with E-state index in [0.29, 0.717) is 12.6 Å². The summed E-state index contributed by atoms with van der Waals surface area (Å²) in [6.07, 6.45) is 5.15. The number of likely N-dealkylation sites (tertiary alicyclic amines) is 1. The van der Waals surface area contributed by atoms with Crippen molar-refractivity contribution < 1.29 is 9.47 Å². The smallest absolute Gasteiger partial charge is 0.119 e. The highest BCUT2D eigenvalue weighted by Crippen LogP contribution is 2.18. The van der Waals surface area contributed by atoms with E-state index in [0.717, 1.165) is 38.3 Å². The van der Waals surface area contributed by atoms with Crippen LogP contribution >= 0.6 is 12.4 Å². The highest BCUT2D eigenvalue weighted by Gasteiger charge is 2.18. The molecule has 2 fully saturated rings. The lowest BCUT2D eigenvalue weighted by atomic mass is 10.1. The first-order valence-corrected chi connectivity index (χ1v) is 8.56. The van der Waals surface area contributed by atoms with E-state index < -0.39 is 0 Å². The Kier molecular flexibility index (Phi) is 7.63. The van der Waals surface area contributed by atoms with Crippen LogP contribution in [0.1, 0.15) is 31.2 Å². The monoisotopic (exact) mass is 340 g/mol. The third kappa shape index (κ3) is 5.64. The SMILES string of the molecule is CNC1CCCN(Cc2ccc(OCC3CCCO3)cc2)C1.Cl. The first kappa shape index (κ1) is 18.5. The van der Waals surface area contributed by atoms with Crippen molar-refractivity contribution in [1.29, 1.82) is 0 Å². The predicted molar refractivity (Wildman–Crippen MR) is 95.5 cm³/mol. The molecule has 1 aromatic rings. The molecule has 1 N–H and O–H groups in total. The zero-order valence-corrected chi connectivity index (χ0v) is 14.8. The molecule has 2 atom stereocenters. The standard InChI is InChI=1S/C18H28N2O2.ClH/c1-19-16-4-2-10-20(13-16)12-15-6-8-17(9-7-15)22-14-18-5-3-11-21-18;/h6-9,16,18-19H,2-5,10-14H2,1H3;1H. The molecule has 2 saturated heterocycles. The summed E-state index contributed by atoms with van der Waals surface area (Å²) < 4.78 is 11.4. The van der Waals surface area contributed by atoms with E-state index in [1.807, 2.05) is 0 Å². The van der Waals surface area contributed by atoms with Crippen LogP contribution in [-0.2, 0) is 11.3 Å². The average Bonchev–Trinajstić information content (AvgIpc) is 3.08. The Morgan fingerprint density at radius 1 is 1.22 bits per heavy atom. The molecule has 4 nitrogen and oxygen atoms in total. The number of nitrogens with one attached hydrogen (secondary N) is 1. The lowest BCUT2D eigenvalue weighted by Gasteiger charge is -2.32. The van der Waals surface area contributed by atoms with Crippen molar-refractivity contribution in [2.75, 3.05) is 33.4 Å². The number of rotatable bonds is 6. The molecule has 0 spiro atoms. The summed E-state index contributed by atoms with van der Waals surface area (Å²) in [4.78, 5) is 2.53. The van der Waals surface area contributed by atoms with Crippen molar-refractivity contribution in [1.82, 2.24) is 10.2 Å². The quantitative estimate of drug-likeness (QED) is 0.863. The van der Waals surface area contributed by atoms with E-state index in [-0.39, 0.29) is 18.5 Å². The van der Waals surface area contributed by atoms with Crippen molar-refractivity contribution in [3.05, 3.63) is 29.8 Å². The fraction of sp³-hybridized carbons (Fsp3) is 0.667. The molecule has 2 aliphatic heterocycles. The van der Waals surface area contributed by atoms with Crippen LogP contribution in [0.15, 0.2) is 24.3 Å². The van der Waals surface area contributed by atoms with Crippen molar-refractivity contribution in [2.45, 2.75) is 44.4 Å². The summed E-state index contributed by atoms with van der Waals surface area (Å²) in [7, 11) is 2.06. The predicted octanol–water partition coefficient (Wildman–Crippen LogP) is 2.85. The third-order valence-electron chi connectivity index (χ3n) is 4.70. The number of hydrogen-bond acceptors (Lipinski definition) is 4. The van der Waals surface area contributed by atoms with Crippen LogP contribution in [-0.4, -0.2) is 50.4 Å². The average molecular weight is 341 g/mol. The summed E-state index contributed by atoms with van der Waals surface area (Å²) in [5.74, 6) is 0.950. The van der Waals surface area contributed by atoms with Crippen LogP contribution < -0.4 is 10.1 Å². The molecule has 0 saturated carbocycles. The Morgan fingerprint density at radius 3 is 2.74 bits per heavy atom. The van der Waals surface area contributed by atoms with Gasteiger partial charge in [-0.2, -0.15) is 0 Å². The maximum atomic E-state index is 5.82. The van der Waals surface area contributed by atoms with E-state index in [9.17, 15) is 0 Å². The molecular weight excluding hydrogens is 312 g/mol. The first-order chi connectivity index (χ1) is 10.8. The second kappa shape index (κ2) is 9.48. The van der Waals surface area contributed by atoms with Crippen LogP contribution in [0, 0.1) is 0 Å². The summed E-state index contributed by atoms with van der Waals surface area (Å²) in [5.41, 5.74) is 1.36. The van der Waals surface area contributed by atoms with Gasteiger partial charge < -0.3 is 14.8 Å². The zero-order valence-electron chi connectivity index (χ0n) is 14.0. The molecule has 23 heavy (non-hydrogen) atoms. The summed E-state index contributed by atoms with van der Waals surface area (Å²) in [6, 6.07) is 9.19. The second-order valence-electron chi connectivity index (χ2n) is 6.45. The van der Waals surface area contributed by atoms with Gasteiger partial charge in [0.1, 0.15) is 12.4 Å². The Morgan fingerprint density at radius 2 is 2.04 bits per heavy atom. The van der Waals surface area contributed by atoms with Gasteiger partial charge in [-0.15, -0.1) is 12.4 Å². The number of ether oxygens (including phenoxy) is 2. The van der Waals surface area contributed by atoms with Gasteiger partial charge in [-0.25, -0.2) is 0 Å². The highest BCUT2D eigenvalue weighted by molar-refractivity contribution is 5.85. The van der Waals surface area contributed by atoms with Gasteiger partial charge in [0.05, 0.1) is 6.10 Å². The van der Waals surface area contributed by atoms with Crippen LogP contribution in [0.2, 0.25) is 0 Å². The number of halogens is 1. The molecule has 0 aromatic heterocycles. The Hall–Kier alpha value is -0.810. The number of hydrogen-bond donors (Lipinski definition) is 1. The van der Waals surface area contributed by atoms with Crippen molar-refractivity contribution in [2.24, 2.45) is 0 Å². The van der Waals surface area contributed by atoms with Crippen LogP contribution in [0.4, 0.5) is 0 Å². The summed E-state index contributed by atoms with van der Waals surface area (Å²) in [5, 5.41) is 3.40. The molecule has 0 radical (unpaired) electrons. The lowest BCUT2D eigenvalue weighted by Crippen LogP contribution is -2.43. The molecule has 0 bridgehead atoms. The summed E-state index contributed by atoms with van der Waals surface area (Å²) in [6.45, 7) is 4.94. The molecular formula is C18H29ClN2O2. The molecule has 2 unspecified atom stereocenters. The fourth-order valence-electron chi connectivity index (χ4n) is 3.35. The van der Waals surface area contributed by atoms with Gasteiger partial charge in [0, 0.05) is 25.7 Å². The third-order valence-corrected chi connectivity index (χ3v) is 4.70. The van der Waals surface area contributed by atoms with E-state index >= 15 is 0 Å². The Balaban J connectivity index is 0.00000192. The minimum absolute atomic E-state index is 0. The normalized spacial score (nSPS) is 25.1. The number of piperidine rings is 1. The molecule has 3 rings (SSSR count). The van der Waals surface area contributed by atoms with Crippen molar-refractivity contribution >= 4 is 12.4 Å². The number of nitrogens with zero attached hydrogens (tertiary/aromatic N) is 1. The summed E-state index contributed by atoms with van der Waals surface area (Å²) >= 11 is 0. The van der Waals surface area contributed by atoms with Gasteiger partial charge in [-0.1, -0.05) is 12.1 Å². The molecule has 2 heterocycles. The van der Waals surface area contributed by atoms with Crippen LogP contribution in [0.5, 0.6) is 5.75 Å². The van der Waals surface area contributed by atoms with Crippen molar-refractivity contribution in [3.8, 4) is 5.75 Å². The van der Waals surface area contributed by atoms with Gasteiger partial charge >= 0.3 is 0 Å². The van der Waals surface area contributed by atoms with E-state index in [2.05, 4.69) is 41.5 Å². The molecule has 0 aliphatic carbocycles. The molecule has 0 amide bonds. The van der Waals surface area contributed by atoms with Gasteiger partial charge in [0.15, 0.2) is 0 Å². The largest absolute Gasteiger partial charge is 0.491 e. The highest BCUT2D eigenvalue weighted by atomic mass is 35.5. The minimum Gasteiger partial charge on any atom is -0.491 e. The minimum atomic E-state index is 0. The van der Waals surface area contributed by atoms with Crippen LogP contribution in [0.3, 0.4) is 0 Å².